The lowest BCUT2D eigenvalue weighted by Gasteiger charge is -2.11. The molecule has 0 saturated heterocycles. The van der Waals surface area contributed by atoms with Gasteiger partial charge < -0.3 is 5.73 Å². The summed E-state index contributed by atoms with van der Waals surface area (Å²) in [6.45, 7) is 2.00. The lowest BCUT2D eigenvalue weighted by Crippen LogP contribution is -2.11. The van der Waals surface area contributed by atoms with Crippen LogP contribution in [0.25, 0.3) is 0 Å². The Labute approximate surface area is 81.5 Å². The van der Waals surface area contributed by atoms with E-state index < -0.39 is 0 Å². The van der Waals surface area contributed by atoms with Crippen molar-refractivity contribution in [3.05, 3.63) is 35.9 Å². The molecule has 72 valence electrons. The third-order valence-corrected chi connectivity index (χ3v) is 2.17. The van der Waals surface area contributed by atoms with E-state index in [4.69, 9.17) is 5.73 Å². The maximum Gasteiger partial charge on any atom is 0.240 e. The molecule has 1 aromatic heterocycles. The summed E-state index contributed by atoms with van der Waals surface area (Å²) >= 11 is 0. The lowest BCUT2D eigenvalue weighted by atomic mass is 10.1. The molecule has 1 aromatic carbocycles. The molecule has 0 fully saturated rings. The monoisotopic (exact) mass is 189 g/mol. The van der Waals surface area contributed by atoms with Gasteiger partial charge in [0.05, 0.1) is 6.04 Å². The fourth-order valence-corrected chi connectivity index (χ4v) is 1.35. The molecule has 0 amide bonds. The van der Waals surface area contributed by atoms with Crippen molar-refractivity contribution in [1.82, 2.24) is 20.2 Å². The Morgan fingerprint density at radius 2 is 2.00 bits per heavy atom. The Kier molecular flexibility index (Phi) is 2.14. The number of rotatable bonds is 2. The normalized spacial score (nSPS) is 12.6. The van der Waals surface area contributed by atoms with Gasteiger partial charge in [0.15, 0.2) is 0 Å². The van der Waals surface area contributed by atoms with Crippen LogP contribution in [-0.2, 0) is 0 Å². The molecule has 0 aliphatic carbocycles. The van der Waals surface area contributed by atoms with Gasteiger partial charge in [0.2, 0.25) is 5.95 Å². The van der Waals surface area contributed by atoms with Crippen LogP contribution in [-0.4, -0.2) is 20.2 Å². The number of nitrogens with zero attached hydrogens (tertiary/aromatic N) is 4. The van der Waals surface area contributed by atoms with E-state index >= 15 is 0 Å². The summed E-state index contributed by atoms with van der Waals surface area (Å²) in [5, 5.41) is 11.0. The standard InChI is InChI=1S/C9H11N5/c1-7(8-5-3-2-4-6-8)14-9(10)11-12-13-14/h2-7H,1H3,(H2,10,11,13). The van der Waals surface area contributed by atoms with E-state index in [1.165, 1.54) is 0 Å². The summed E-state index contributed by atoms with van der Waals surface area (Å²) < 4.78 is 1.59. The first-order chi connectivity index (χ1) is 6.79. The molecule has 2 N–H and O–H groups in total. The number of tetrazole rings is 1. The topological polar surface area (TPSA) is 69.6 Å². The van der Waals surface area contributed by atoms with Crippen molar-refractivity contribution < 1.29 is 0 Å². The van der Waals surface area contributed by atoms with Crippen LogP contribution in [0.4, 0.5) is 5.95 Å². The van der Waals surface area contributed by atoms with Gasteiger partial charge in [-0.3, -0.25) is 0 Å². The first kappa shape index (κ1) is 8.68. The summed E-state index contributed by atoms with van der Waals surface area (Å²) in [4.78, 5) is 0. The van der Waals surface area contributed by atoms with Crippen LogP contribution >= 0.6 is 0 Å². The summed E-state index contributed by atoms with van der Waals surface area (Å²) in [6.07, 6.45) is 0. The first-order valence-corrected chi connectivity index (χ1v) is 4.37. The van der Waals surface area contributed by atoms with E-state index in [9.17, 15) is 0 Å². The van der Waals surface area contributed by atoms with Gasteiger partial charge in [0, 0.05) is 0 Å². The molecule has 0 aliphatic heterocycles. The molecule has 1 atom stereocenters. The minimum atomic E-state index is 0.0613. The van der Waals surface area contributed by atoms with Gasteiger partial charge in [-0.25, -0.2) is 4.68 Å². The second-order valence-corrected chi connectivity index (χ2v) is 3.07. The summed E-state index contributed by atoms with van der Waals surface area (Å²) in [5.41, 5.74) is 6.74. The van der Waals surface area contributed by atoms with Crippen LogP contribution in [0.15, 0.2) is 30.3 Å². The summed E-state index contributed by atoms with van der Waals surface area (Å²) in [6, 6.07) is 10.0. The second-order valence-electron chi connectivity index (χ2n) is 3.07. The summed E-state index contributed by atoms with van der Waals surface area (Å²) in [7, 11) is 0. The smallest absolute Gasteiger partial charge is 0.240 e. The molecule has 2 rings (SSSR count). The molecule has 0 saturated carbocycles. The molecule has 0 spiro atoms. The highest BCUT2D eigenvalue weighted by atomic mass is 15.6. The molecule has 1 heterocycles. The highest BCUT2D eigenvalue weighted by molar-refractivity contribution is 5.22. The van der Waals surface area contributed by atoms with Crippen LogP contribution in [0.3, 0.4) is 0 Å². The van der Waals surface area contributed by atoms with Crippen molar-refractivity contribution >= 4 is 5.95 Å². The van der Waals surface area contributed by atoms with Crippen molar-refractivity contribution in [1.29, 1.82) is 0 Å². The zero-order chi connectivity index (χ0) is 9.97. The third-order valence-electron chi connectivity index (χ3n) is 2.17. The van der Waals surface area contributed by atoms with Gasteiger partial charge >= 0.3 is 0 Å². The van der Waals surface area contributed by atoms with Crippen LogP contribution in [0, 0.1) is 0 Å². The van der Waals surface area contributed by atoms with Gasteiger partial charge in [-0.15, -0.1) is 0 Å². The van der Waals surface area contributed by atoms with Gasteiger partial charge in [0.25, 0.3) is 0 Å². The Morgan fingerprint density at radius 3 is 2.57 bits per heavy atom. The number of benzene rings is 1. The van der Waals surface area contributed by atoms with Crippen molar-refractivity contribution in [3.8, 4) is 0 Å². The first-order valence-electron chi connectivity index (χ1n) is 4.37. The van der Waals surface area contributed by atoms with Gasteiger partial charge in [-0.05, 0) is 22.9 Å². The fourth-order valence-electron chi connectivity index (χ4n) is 1.35. The molecule has 14 heavy (non-hydrogen) atoms. The highest BCUT2D eigenvalue weighted by Gasteiger charge is 2.11. The number of hydrogen-bond donors (Lipinski definition) is 1. The average Bonchev–Trinajstić information content (AvgIpc) is 2.65. The minimum Gasteiger partial charge on any atom is -0.367 e. The Bertz CT molecular complexity index is 408. The molecule has 5 heteroatoms. The molecule has 5 nitrogen and oxygen atoms in total. The molecule has 1 unspecified atom stereocenters. The predicted octanol–water partition coefficient (Wildman–Crippen LogP) is 0.865. The van der Waals surface area contributed by atoms with Crippen molar-refractivity contribution in [2.45, 2.75) is 13.0 Å². The van der Waals surface area contributed by atoms with E-state index in [0.29, 0.717) is 5.95 Å². The minimum absolute atomic E-state index is 0.0613. The van der Waals surface area contributed by atoms with Crippen molar-refractivity contribution in [3.63, 3.8) is 0 Å². The number of aromatic nitrogens is 4. The lowest BCUT2D eigenvalue weighted by molar-refractivity contribution is 0.550. The summed E-state index contributed by atoms with van der Waals surface area (Å²) in [5.74, 6) is 0.335. The van der Waals surface area contributed by atoms with Crippen LogP contribution < -0.4 is 5.73 Å². The van der Waals surface area contributed by atoms with Crippen LogP contribution in [0.5, 0.6) is 0 Å². The molecular formula is C9H11N5. The largest absolute Gasteiger partial charge is 0.367 e. The third kappa shape index (κ3) is 1.44. The Balaban J connectivity index is 2.34. The fraction of sp³-hybridized carbons (Fsp3) is 0.222. The molecule has 0 radical (unpaired) electrons. The number of nitrogens with two attached hydrogens (primary N) is 1. The van der Waals surface area contributed by atoms with E-state index in [1.54, 1.807) is 4.68 Å². The zero-order valence-electron chi connectivity index (χ0n) is 7.83. The second kappa shape index (κ2) is 3.45. The van der Waals surface area contributed by atoms with E-state index in [2.05, 4.69) is 15.5 Å². The quantitative estimate of drug-likeness (QED) is 0.760. The number of hydrogen-bond acceptors (Lipinski definition) is 4. The Hall–Kier alpha value is -1.91. The van der Waals surface area contributed by atoms with E-state index in [0.717, 1.165) is 5.56 Å². The number of nitrogen functional groups attached to an aromatic ring is 1. The molecular weight excluding hydrogens is 178 g/mol. The predicted molar refractivity (Wildman–Crippen MR) is 52.5 cm³/mol. The molecule has 2 aromatic rings. The van der Waals surface area contributed by atoms with Gasteiger partial charge in [-0.2, -0.15) is 0 Å². The Morgan fingerprint density at radius 1 is 1.29 bits per heavy atom. The van der Waals surface area contributed by atoms with Gasteiger partial charge in [0.1, 0.15) is 0 Å². The van der Waals surface area contributed by atoms with Crippen molar-refractivity contribution in [2.75, 3.05) is 5.73 Å². The molecule has 0 aliphatic rings. The maximum atomic E-state index is 5.61. The van der Waals surface area contributed by atoms with Crippen molar-refractivity contribution in [2.24, 2.45) is 0 Å². The van der Waals surface area contributed by atoms with Gasteiger partial charge in [-0.1, -0.05) is 35.4 Å². The van der Waals surface area contributed by atoms with Crippen LogP contribution in [0.1, 0.15) is 18.5 Å². The van der Waals surface area contributed by atoms with Crippen LogP contribution in [0.2, 0.25) is 0 Å². The van der Waals surface area contributed by atoms with E-state index in [1.807, 2.05) is 37.3 Å². The average molecular weight is 189 g/mol. The highest BCUT2D eigenvalue weighted by Crippen LogP contribution is 2.17. The SMILES string of the molecule is CC(c1ccccc1)n1nnnc1N. The zero-order valence-corrected chi connectivity index (χ0v) is 7.83. The maximum absolute atomic E-state index is 5.61. The van der Waals surface area contributed by atoms with E-state index in [-0.39, 0.29) is 6.04 Å². The molecule has 0 bridgehead atoms. The number of anilines is 1.